The van der Waals surface area contributed by atoms with Gasteiger partial charge in [-0.25, -0.2) is 0 Å². The monoisotopic (exact) mass is 294 g/mol. The summed E-state index contributed by atoms with van der Waals surface area (Å²) in [4.78, 5) is 24.8. The fraction of sp³-hybridized carbons (Fsp3) is 0.385. The number of ether oxygens (including phenoxy) is 2. The summed E-state index contributed by atoms with van der Waals surface area (Å²) in [5.74, 6) is 1.58. The Morgan fingerprint density at radius 3 is 2.60 bits per heavy atom. The quantitative estimate of drug-likeness (QED) is 0.835. The van der Waals surface area contributed by atoms with Crippen molar-refractivity contribution in [2.24, 2.45) is 0 Å². The Labute approximate surface area is 120 Å². The van der Waals surface area contributed by atoms with Crippen LogP contribution in [0.15, 0.2) is 12.1 Å². The zero-order chi connectivity index (χ0) is 14.1. The molecule has 1 aromatic carbocycles. The SMILES string of the molecule is Nc1cc2c(cc1CN1C(=O)CCSC1=O)OCCO2. The van der Waals surface area contributed by atoms with Crippen LogP contribution in [0.25, 0.3) is 0 Å². The molecule has 0 spiro atoms. The third-order valence-electron chi connectivity index (χ3n) is 3.20. The summed E-state index contributed by atoms with van der Waals surface area (Å²) in [5.41, 5.74) is 7.15. The molecule has 1 aromatic rings. The molecule has 106 valence electrons. The van der Waals surface area contributed by atoms with Gasteiger partial charge in [0.15, 0.2) is 11.5 Å². The Bertz CT molecular complexity index is 560. The van der Waals surface area contributed by atoms with Gasteiger partial charge >= 0.3 is 0 Å². The summed E-state index contributed by atoms with van der Waals surface area (Å²) in [6.07, 6.45) is 0.376. The summed E-state index contributed by atoms with van der Waals surface area (Å²) in [6.45, 7) is 1.15. The lowest BCUT2D eigenvalue weighted by molar-refractivity contribution is -0.128. The normalized spacial score (nSPS) is 18.3. The highest BCUT2D eigenvalue weighted by Crippen LogP contribution is 2.35. The molecular weight excluding hydrogens is 280 g/mol. The number of thioether (sulfide) groups is 1. The van der Waals surface area contributed by atoms with Crippen LogP contribution in [0.2, 0.25) is 0 Å². The number of carbonyl (C=O) groups excluding carboxylic acids is 2. The van der Waals surface area contributed by atoms with E-state index in [-0.39, 0.29) is 17.7 Å². The number of nitrogens with two attached hydrogens (primary N) is 1. The van der Waals surface area contributed by atoms with Crippen molar-refractivity contribution in [3.05, 3.63) is 17.7 Å². The topological polar surface area (TPSA) is 81.9 Å². The van der Waals surface area contributed by atoms with Crippen LogP contribution in [0.1, 0.15) is 12.0 Å². The molecule has 2 aliphatic heterocycles. The number of nitrogens with zero attached hydrogens (tertiary/aromatic N) is 1. The van der Waals surface area contributed by atoms with Crippen LogP contribution in [0.5, 0.6) is 11.5 Å². The number of amides is 2. The van der Waals surface area contributed by atoms with Gasteiger partial charge in [-0.3, -0.25) is 14.5 Å². The maximum absolute atomic E-state index is 11.8. The fourth-order valence-electron chi connectivity index (χ4n) is 2.15. The fourth-order valence-corrected chi connectivity index (χ4v) is 2.92. The van der Waals surface area contributed by atoms with Crippen LogP contribution in [0.3, 0.4) is 0 Å². The minimum Gasteiger partial charge on any atom is -0.486 e. The third-order valence-corrected chi connectivity index (χ3v) is 4.07. The molecule has 7 heteroatoms. The molecule has 0 bridgehead atoms. The van der Waals surface area contributed by atoms with Crippen molar-refractivity contribution in [1.29, 1.82) is 0 Å². The first kappa shape index (κ1) is 13.1. The second kappa shape index (κ2) is 5.24. The lowest BCUT2D eigenvalue weighted by atomic mass is 10.1. The molecule has 20 heavy (non-hydrogen) atoms. The molecule has 1 saturated heterocycles. The minimum atomic E-state index is -0.226. The maximum Gasteiger partial charge on any atom is 0.288 e. The molecule has 0 radical (unpaired) electrons. The highest BCUT2D eigenvalue weighted by molar-refractivity contribution is 8.13. The average molecular weight is 294 g/mol. The van der Waals surface area contributed by atoms with E-state index < -0.39 is 0 Å². The predicted octanol–water partition coefficient (Wildman–Crippen LogP) is 1.63. The Hall–Kier alpha value is -1.89. The molecule has 0 aromatic heterocycles. The van der Waals surface area contributed by atoms with Crippen molar-refractivity contribution in [1.82, 2.24) is 4.90 Å². The Kier molecular flexibility index (Phi) is 3.43. The summed E-state index contributed by atoms with van der Waals surface area (Å²) in [6, 6.07) is 3.42. The van der Waals surface area contributed by atoms with Gasteiger partial charge in [0.1, 0.15) is 13.2 Å². The smallest absolute Gasteiger partial charge is 0.288 e. The van der Waals surface area contributed by atoms with Crippen LogP contribution in [0, 0.1) is 0 Å². The van der Waals surface area contributed by atoms with Crippen LogP contribution < -0.4 is 15.2 Å². The van der Waals surface area contributed by atoms with E-state index in [1.54, 1.807) is 12.1 Å². The Morgan fingerprint density at radius 2 is 1.90 bits per heavy atom. The van der Waals surface area contributed by atoms with Crippen LogP contribution in [-0.4, -0.2) is 35.0 Å². The molecule has 0 aliphatic carbocycles. The lowest BCUT2D eigenvalue weighted by Gasteiger charge is -2.26. The van der Waals surface area contributed by atoms with E-state index in [0.717, 1.165) is 11.8 Å². The van der Waals surface area contributed by atoms with Gasteiger partial charge in [-0.2, -0.15) is 0 Å². The number of hydrogen-bond acceptors (Lipinski definition) is 6. The molecule has 2 aliphatic rings. The van der Waals surface area contributed by atoms with E-state index in [2.05, 4.69) is 0 Å². The highest BCUT2D eigenvalue weighted by Gasteiger charge is 2.28. The number of anilines is 1. The molecule has 1 fully saturated rings. The van der Waals surface area contributed by atoms with Crippen molar-refractivity contribution in [2.45, 2.75) is 13.0 Å². The molecule has 3 rings (SSSR count). The number of rotatable bonds is 2. The first-order chi connectivity index (χ1) is 9.65. The number of carbonyl (C=O) groups is 2. The standard InChI is InChI=1S/C13H14N2O4S/c14-9-6-11-10(18-2-3-19-11)5-8(9)7-15-12(16)1-4-20-13(15)17/h5-6H,1-4,7,14H2. The van der Waals surface area contributed by atoms with Gasteiger partial charge in [0.05, 0.1) is 6.54 Å². The summed E-state index contributed by atoms with van der Waals surface area (Å²) in [5, 5.41) is -0.226. The van der Waals surface area contributed by atoms with Crippen molar-refractivity contribution in [3.63, 3.8) is 0 Å². The van der Waals surface area contributed by atoms with Crippen molar-refractivity contribution in [2.75, 3.05) is 24.7 Å². The molecule has 0 saturated carbocycles. The number of fused-ring (bicyclic) bond motifs is 1. The van der Waals surface area contributed by atoms with Gasteiger partial charge in [-0.05, 0) is 11.6 Å². The van der Waals surface area contributed by atoms with Gasteiger partial charge in [0.25, 0.3) is 5.24 Å². The van der Waals surface area contributed by atoms with E-state index in [1.807, 2.05) is 0 Å². The van der Waals surface area contributed by atoms with Gasteiger partial charge in [0.2, 0.25) is 5.91 Å². The van der Waals surface area contributed by atoms with Crippen LogP contribution in [-0.2, 0) is 11.3 Å². The van der Waals surface area contributed by atoms with Crippen molar-refractivity contribution >= 4 is 28.6 Å². The first-order valence-corrected chi connectivity index (χ1v) is 7.29. The van der Waals surface area contributed by atoms with Gasteiger partial charge in [0, 0.05) is 23.9 Å². The van der Waals surface area contributed by atoms with Crippen molar-refractivity contribution in [3.8, 4) is 11.5 Å². The largest absolute Gasteiger partial charge is 0.486 e. The molecule has 6 nitrogen and oxygen atoms in total. The second-order valence-electron chi connectivity index (χ2n) is 4.54. The zero-order valence-electron chi connectivity index (χ0n) is 10.8. The molecule has 0 unspecified atom stereocenters. The van der Waals surface area contributed by atoms with E-state index in [0.29, 0.717) is 48.1 Å². The first-order valence-electron chi connectivity index (χ1n) is 6.30. The van der Waals surface area contributed by atoms with Crippen LogP contribution >= 0.6 is 11.8 Å². The van der Waals surface area contributed by atoms with Crippen LogP contribution in [0.4, 0.5) is 10.5 Å². The molecular formula is C13H14N2O4S. The van der Waals surface area contributed by atoms with Gasteiger partial charge < -0.3 is 15.2 Å². The predicted molar refractivity (Wildman–Crippen MR) is 74.9 cm³/mol. The molecule has 0 atom stereocenters. The minimum absolute atomic E-state index is 0.164. The van der Waals surface area contributed by atoms with E-state index in [1.165, 1.54) is 4.90 Å². The second-order valence-corrected chi connectivity index (χ2v) is 5.59. The van der Waals surface area contributed by atoms with E-state index >= 15 is 0 Å². The number of imide groups is 1. The lowest BCUT2D eigenvalue weighted by Crippen LogP contribution is -2.37. The summed E-state index contributed by atoms with van der Waals surface area (Å²) < 4.78 is 10.9. The number of nitrogen functional groups attached to an aromatic ring is 1. The molecule has 2 amide bonds. The number of hydrogen-bond donors (Lipinski definition) is 1. The van der Waals surface area contributed by atoms with E-state index in [4.69, 9.17) is 15.2 Å². The average Bonchev–Trinajstić information content (AvgIpc) is 2.43. The van der Waals surface area contributed by atoms with E-state index in [9.17, 15) is 9.59 Å². The Morgan fingerprint density at radius 1 is 1.20 bits per heavy atom. The van der Waals surface area contributed by atoms with Gasteiger partial charge in [-0.1, -0.05) is 11.8 Å². The maximum atomic E-state index is 11.8. The highest BCUT2D eigenvalue weighted by atomic mass is 32.2. The zero-order valence-corrected chi connectivity index (χ0v) is 11.6. The number of benzene rings is 1. The third kappa shape index (κ3) is 2.40. The summed E-state index contributed by atoms with van der Waals surface area (Å²) in [7, 11) is 0. The molecule has 2 heterocycles. The Balaban J connectivity index is 1.86. The summed E-state index contributed by atoms with van der Waals surface area (Å²) >= 11 is 1.15. The van der Waals surface area contributed by atoms with Gasteiger partial charge in [-0.15, -0.1) is 0 Å². The van der Waals surface area contributed by atoms with Crippen molar-refractivity contribution < 1.29 is 19.1 Å². The molecule has 2 N–H and O–H groups in total.